The summed E-state index contributed by atoms with van der Waals surface area (Å²) in [6.45, 7) is 0.321. The van der Waals surface area contributed by atoms with Crippen LogP contribution in [0.15, 0.2) is 12.1 Å². The second kappa shape index (κ2) is 7.17. The SMILES string of the molecule is Cl.FC1(F)CCC(CNc2ccc(Cl)c(C(F)(F)F)n2)CC1. The predicted octanol–water partition coefficient (Wildman–Crippen LogP) is 5.41. The van der Waals surface area contributed by atoms with Gasteiger partial charge in [-0.3, -0.25) is 0 Å². The zero-order chi connectivity index (χ0) is 15.7. The lowest BCUT2D eigenvalue weighted by Crippen LogP contribution is -2.28. The van der Waals surface area contributed by atoms with Gasteiger partial charge in [0.05, 0.1) is 5.02 Å². The van der Waals surface area contributed by atoms with Crippen molar-refractivity contribution in [2.45, 2.75) is 37.8 Å². The fourth-order valence-electron chi connectivity index (χ4n) is 2.29. The van der Waals surface area contributed by atoms with E-state index in [0.717, 1.165) is 6.07 Å². The maximum Gasteiger partial charge on any atom is 0.434 e. The van der Waals surface area contributed by atoms with Crippen LogP contribution in [0, 0.1) is 5.92 Å². The molecule has 0 aliphatic heterocycles. The zero-order valence-electron chi connectivity index (χ0n) is 11.4. The fraction of sp³-hybridized carbons (Fsp3) is 0.615. The van der Waals surface area contributed by atoms with Crippen LogP contribution in [0.3, 0.4) is 0 Å². The first-order chi connectivity index (χ1) is 9.67. The lowest BCUT2D eigenvalue weighted by Gasteiger charge is -2.28. The van der Waals surface area contributed by atoms with Crippen LogP contribution < -0.4 is 5.32 Å². The van der Waals surface area contributed by atoms with Gasteiger partial charge in [0.15, 0.2) is 5.69 Å². The summed E-state index contributed by atoms with van der Waals surface area (Å²) in [7, 11) is 0. The van der Waals surface area contributed by atoms with Crippen molar-refractivity contribution in [1.29, 1.82) is 0 Å². The maximum atomic E-state index is 13.0. The van der Waals surface area contributed by atoms with Gasteiger partial charge in [-0.05, 0) is 30.9 Å². The predicted molar refractivity (Wildman–Crippen MR) is 76.9 cm³/mol. The molecule has 2 rings (SSSR count). The number of nitrogens with zero attached hydrogens (tertiary/aromatic N) is 1. The molecule has 1 heterocycles. The minimum Gasteiger partial charge on any atom is -0.370 e. The number of alkyl halides is 5. The number of rotatable bonds is 3. The highest BCUT2D eigenvalue weighted by molar-refractivity contribution is 6.31. The van der Waals surface area contributed by atoms with E-state index in [2.05, 4.69) is 10.3 Å². The summed E-state index contributed by atoms with van der Waals surface area (Å²) in [6, 6.07) is 2.46. The van der Waals surface area contributed by atoms with Gasteiger partial charge in [0, 0.05) is 19.4 Å². The molecule has 1 aromatic rings. The van der Waals surface area contributed by atoms with Crippen molar-refractivity contribution in [3.63, 3.8) is 0 Å². The normalized spacial score (nSPS) is 18.6. The molecule has 0 spiro atoms. The number of halogens is 7. The molecule has 1 aliphatic carbocycles. The van der Waals surface area contributed by atoms with Crippen LogP contribution in [0.1, 0.15) is 31.4 Å². The molecule has 1 aromatic heterocycles. The molecule has 0 saturated heterocycles. The Kier molecular flexibility index (Phi) is 6.27. The van der Waals surface area contributed by atoms with Gasteiger partial charge in [0.1, 0.15) is 5.82 Å². The highest BCUT2D eigenvalue weighted by Gasteiger charge is 2.36. The van der Waals surface area contributed by atoms with Gasteiger partial charge >= 0.3 is 6.18 Å². The van der Waals surface area contributed by atoms with E-state index in [-0.39, 0.29) is 37.0 Å². The molecule has 2 nitrogen and oxygen atoms in total. The van der Waals surface area contributed by atoms with E-state index in [9.17, 15) is 22.0 Å². The van der Waals surface area contributed by atoms with Gasteiger partial charge in [-0.25, -0.2) is 13.8 Å². The van der Waals surface area contributed by atoms with E-state index in [0.29, 0.717) is 19.4 Å². The first-order valence-corrected chi connectivity index (χ1v) is 6.91. The van der Waals surface area contributed by atoms with Gasteiger partial charge in [-0.15, -0.1) is 12.4 Å². The summed E-state index contributed by atoms with van der Waals surface area (Å²) in [5.74, 6) is -2.56. The zero-order valence-corrected chi connectivity index (χ0v) is 13.0. The molecule has 0 unspecified atom stereocenters. The van der Waals surface area contributed by atoms with Crippen LogP contribution >= 0.6 is 24.0 Å². The second-order valence-corrected chi connectivity index (χ2v) is 5.61. The quantitative estimate of drug-likeness (QED) is 0.725. The summed E-state index contributed by atoms with van der Waals surface area (Å²) < 4.78 is 63.9. The Bertz CT molecular complexity index is 498. The van der Waals surface area contributed by atoms with E-state index in [1.54, 1.807) is 0 Å². The molecule has 0 atom stereocenters. The van der Waals surface area contributed by atoms with E-state index in [4.69, 9.17) is 11.6 Å². The maximum absolute atomic E-state index is 13.0. The van der Waals surface area contributed by atoms with Gasteiger partial charge in [0.2, 0.25) is 5.92 Å². The fourth-order valence-corrected chi connectivity index (χ4v) is 2.50. The third-order valence-electron chi connectivity index (χ3n) is 3.52. The van der Waals surface area contributed by atoms with Gasteiger partial charge in [-0.2, -0.15) is 13.2 Å². The van der Waals surface area contributed by atoms with Crippen LogP contribution in [0.25, 0.3) is 0 Å². The van der Waals surface area contributed by atoms with Crippen molar-refractivity contribution in [3.05, 3.63) is 22.8 Å². The highest BCUT2D eigenvalue weighted by Crippen LogP contribution is 2.36. The molecule has 0 bridgehead atoms. The van der Waals surface area contributed by atoms with Crippen LogP contribution in [0.2, 0.25) is 5.02 Å². The summed E-state index contributed by atoms with van der Waals surface area (Å²) in [6.07, 6.45) is -4.29. The smallest absolute Gasteiger partial charge is 0.370 e. The first-order valence-electron chi connectivity index (χ1n) is 6.53. The Morgan fingerprint density at radius 2 is 1.82 bits per heavy atom. The summed E-state index contributed by atoms with van der Waals surface area (Å²) >= 11 is 5.47. The van der Waals surface area contributed by atoms with Crippen LogP contribution in [-0.2, 0) is 6.18 Å². The lowest BCUT2D eigenvalue weighted by molar-refractivity contribution is -0.141. The second-order valence-electron chi connectivity index (χ2n) is 5.20. The molecule has 0 aromatic carbocycles. The molecule has 22 heavy (non-hydrogen) atoms. The number of hydrogen-bond acceptors (Lipinski definition) is 2. The van der Waals surface area contributed by atoms with Gasteiger partial charge in [0.25, 0.3) is 0 Å². The Morgan fingerprint density at radius 1 is 1.23 bits per heavy atom. The average Bonchev–Trinajstić information content (AvgIpc) is 2.38. The summed E-state index contributed by atoms with van der Waals surface area (Å²) in [4.78, 5) is 3.44. The number of hydrogen-bond donors (Lipinski definition) is 1. The Hall–Kier alpha value is -0.820. The third kappa shape index (κ3) is 5.12. The molecule has 1 N–H and O–H groups in total. The topological polar surface area (TPSA) is 24.9 Å². The molecule has 0 radical (unpaired) electrons. The van der Waals surface area contributed by atoms with Crippen molar-refractivity contribution >= 4 is 29.8 Å². The molecule has 9 heteroatoms. The largest absolute Gasteiger partial charge is 0.434 e. The van der Waals surface area contributed by atoms with E-state index >= 15 is 0 Å². The van der Waals surface area contributed by atoms with E-state index in [1.807, 2.05) is 0 Å². The Morgan fingerprint density at radius 3 is 2.36 bits per heavy atom. The Labute approximate surface area is 135 Å². The van der Waals surface area contributed by atoms with Crippen LogP contribution in [0.5, 0.6) is 0 Å². The van der Waals surface area contributed by atoms with Crippen molar-refractivity contribution in [3.8, 4) is 0 Å². The lowest BCUT2D eigenvalue weighted by atomic mass is 9.87. The van der Waals surface area contributed by atoms with Crippen molar-refractivity contribution in [1.82, 2.24) is 4.98 Å². The molecular weight excluding hydrogens is 350 g/mol. The molecule has 0 amide bonds. The van der Waals surface area contributed by atoms with Gasteiger partial charge < -0.3 is 5.32 Å². The first kappa shape index (κ1) is 19.2. The summed E-state index contributed by atoms with van der Waals surface area (Å²) in [5, 5.41) is 2.30. The molecule has 1 fully saturated rings. The number of pyridine rings is 1. The standard InChI is InChI=1S/C13H14ClF5N2.ClH/c14-9-1-2-10(21-11(9)13(17,18)19)20-7-8-3-5-12(15,16)6-4-8;/h1-2,8H,3-7H2,(H,20,21);1H. The van der Waals surface area contributed by atoms with E-state index in [1.165, 1.54) is 6.07 Å². The van der Waals surface area contributed by atoms with E-state index < -0.39 is 22.8 Å². The monoisotopic (exact) mass is 364 g/mol. The number of anilines is 1. The average molecular weight is 365 g/mol. The van der Waals surface area contributed by atoms with Crippen molar-refractivity contribution < 1.29 is 22.0 Å². The molecule has 126 valence electrons. The van der Waals surface area contributed by atoms with Crippen molar-refractivity contribution in [2.75, 3.05) is 11.9 Å². The number of aromatic nitrogens is 1. The van der Waals surface area contributed by atoms with Crippen molar-refractivity contribution in [2.24, 2.45) is 5.92 Å². The minimum atomic E-state index is -4.62. The molecular formula is C13H15Cl2F5N2. The Balaban J connectivity index is 0.00000242. The van der Waals surface area contributed by atoms with Gasteiger partial charge in [-0.1, -0.05) is 11.6 Å². The third-order valence-corrected chi connectivity index (χ3v) is 3.83. The van der Waals surface area contributed by atoms with Crippen LogP contribution in [-0.4, -0.2) is 17.5 Å². The minimum absolute atomic E-state index is 0. The molecule has 1 saturated carbocycles. The number of nitrogens with one attached hydrogen (secondary N) is 1. The summed E-state index contributed by atoms with van der Waals surface area (Å²) in [5.41, 5.74) is -1.15. The molecule has 1 aliphatic rings. The highest BCUT2D eigenvalue weighted by atomic mass is 35.5. The van der Waals surface area contributed by atoms with Crippen LogP contribution in [0.4, 0.5) is 27.8 Å².